The molecular formula is C24H28N4O2. The number of nitrogens with one attached hydrogen (secondary N) is 3. The number of benzene rings is 3. The van der Waals surface area contributed by atoms with Gasteiger partial charge in [0.15, 0.2) is 0 Å². The molecule has 0 bridgehead atoms. The van der Waals surface area contributed by atoms with Crippen LogP contribution in [0, 0.1) is 5.92 Å². The summed E-state index contributed by atoms with van der Waals surface area (Å²) in [5.41, 5.74) is 2.58. The van der Waals surface area contributed by atoms with Gasteiger partial charge < -0.3 is 20.9 Å². The summed E-state index contributed by atoms with van der Waals surface area (Å²) in [7, 11) is 3.77. The van der Waals surface area contributed by atoms with Crippen LogP contribution >= 0.6 is 0 Å². The van der Waals surface area contributed by atoms with Gasteiger partial charge in [0, 0.05) is 37.4 Å². The standard InChI is InChI=1S/C24H28N4O2/c1-16(2)15-25-23(29)20-14-18(12-13-22(20)28(3)4)26-24(30)27-21-11-7-9-17-8-5-6-10-19(17)21/h5-14,16H,15H2,1-4H3,(H,25,29)(H2,26,27,30). The first-order chi connectivity index (χ1) is 14.3. The van der Waals surface area contributed by atoms with Crippen LogP contribution in [0.5, 0.6) is 0 Å². The second-order valence-corrected chi connectivity index (χ2v) is 7.84. The van der Waals surface area contributed by atoms with E-state index in [1.165, 1.54) is 0 Å². The predicted molar refractivity (Wildman–Crippen MR) is 125 cm³/mol. The molecule has 6 nitrogen and oxygen atoms in total. The highest BCUT2D eigenvalue weighted by Crippen LogP contribution is 2.25. The summed E-state index contributed by atoms with van der Waals surface area (Å²) >= 11 is 0. The Morgan fingerprint density at radius 2 is 1.67 bits per heavy atom. The first-order valence-electron chi connectivity index (χ1n) is 10.0. The Morgan fingerprint density at radius 1 is 0.933 bits per heavy atom. The summed E-state index contributed by atoms with van der Waals surface area (Å²) in [6.45, 7) is 4.68. The van der Waals surface area contributed by atoms with Crippen LogP contribution in [0.2, 0.25) is 0 Å². The van der Waals surface area contributed by atoms with Crippen LogP contribution in [0.15, 0.2) is 60.7 Å². The molecule has 0 saturated heterocycles. The Hall–Kier alpha value is -3.54. The van der Waals surface area contributed by atoms with Crippen LogP contribution in [0.4, 0.5) is 21.9 Å². The number of hydrogen-bond donors (Lipinski definition) is 3. The van der Waals surface area contributed by atoms with Gasteiger partial charge in [0.25, 0.3) is 5.91 Å². The van der Waals surface area contributed by atoms with Crippen LogP contribution in [0.25, 0.3) is 10.8 Å². The molecule has 0 unspecified atom stereocenters. The number of urea groups is 1. The SMILES string of the molecule is CC(C)CNC(=O)c1cc(NC(=O)Nc2cccc3ccccc23)ccc1N(C)C. The number of carbonyl (C=O) groups excluding carboxylic acids is 2. The Labute approximate surface area is 177 Å². The van der Waals surface area contributed by atoms with Crippen molar-refractivity contribution >= 4 is 39.8 Å². The van der Waals surface area contributed by atoms with E-state index in [0.717, 1.165) is 22.1 Å². The molecule has 3 amide bonds. The quantitative estimate of drug-likeness (QED) is 0.545. The van der Waals surface area contributed by atoms with Gasteiger partial charge in [-0.25, -0.2) is 4.79 Å². The van der Waals surface area contributed by atoms with Crippen molar-refractivity contribution in [2.24, 2.45) is 5.92 Å². The van der Waals surface area contributed by atoms with Crippen LogP contribution < -0.4 is 20.9 Å². The number of anilines is 3. The van der Waals surface area contributed by atoms with Crippen molar-refractivity contribution in [1.82, 2.24) is 5.32 Å². The molecule has 3 rings (SSSR count). The maximum Gasteiger partial charge on any atom is 0.323 e. The minimum atomic E-state index is -0.363. The van der Waals surface area contributed by atoms with Crippen LogP contribution in [-0.2, 0) is 0 Å². The van der Waals surface area contributed by atoms with Crippen molar-refractivity contribution in [2.45, 2.75) is 13.8 Å². The lowest BCUT2D eigenvalue weighted by Gasteiger charge is -2.19. The van der Waals surface area contributed by atoms with Gasteiger partial charge in [0.1, 0.15) is 0 Å². The maximum atomic E-state index is 12.7. The normalized spacial score (nSPS) is 10.7. The molecule has 0 aliphatic heterocycles. The zero-order valence-electron chi connectivity index (χ0n) is 17.8. The second-order valence-electron chi connectivity index (χ2n) is 7.84. The molecule has 0 fully saturated rings. The number of rotatable bonds is 6. The first-order valence-corrected chi connectivity index (χ1v) is 10.0. The van der Waals surface area contributed by atoms with Gasteiger partial charge in [-0.15, -0.1) is 0 Å². The van der Waals surface area contributed by atoms with Crippen molar-refractivity contribution < 1.29 is 9.59 Å². The molecule has 0 spiro atoms. The van der Waals surface area contributed by atoms with Crippen molar-refractivity contribution in [3.05, 3.63) is 66.2 Å². The van der Waals surface area contributed by atoms with Gasteiger partial charge in [0.05, 0.1) is 11.3 Å². The molecule has 3 aromatic rings. The Kier molecular flexibility index (Phi) is 6.57. The van der Waals surface area contributed by atoms with Gasteiger partial charge in [-0.05, 0) is 35.6 Å². The lowest BCUT2D eigenvalue weighted by atomic mass is 10.1. The van der Waals surface area contributed by atoms with Gasteiger partial charge in [-0.3, -0.25) is 4.79 Å². The van der Waals surface area contributed by atoms with Gasteiger partial charge in [-0.2, -0.15) is 0 Å². The van der Waals surface area contributed by atoms with E-state index >= 15 is 0 Å². The molecule has 0 aliphatic rings. The lowest BCUT2D eigenvalue weighted by molar-refractivity contribution is 0.0949. The van der Waals surface area contributed by atoms with Crippen LogP contribution in [0.1, 0.15) is 24.2 Å². The summed E-state index contributed by atoms with van der Waals surface area (Å²) in [6, 6.07) is 18.6. The molecule has 0 atom stereocenters. The van der Waals surface area contributed by atoms with E-state index in [2.05, 4.69) is 16.0 Å². The van der Waals surface area contributed by atoms with E-state index in [0.29, 0.717) is 23.7 Å². The van der Waals surface area contributed by atoms with E-state index in [1.807, 2.05) is 81.4 Å². The zero-order valence-corrected chi connectivity index (χ0v) is 17.8. The summed E-state index contributed by atoms with van der Waals surface area (Å²) in [5.74, 6) is 0.190. The number of fused-ring (bicyclic) bond motifs is 1. The minimum Gasteiger partial charge on any atom is -0.377 e. The van der Waals surface area contributed by atoms with E-state index in [-0.39, 0.29) is 11.9 Å². The second kappa shape index (κ2) is 9.31. The number of carbonyl (C=O) groups is 2. The van der Waals surface area contributed by atoms with E-state index in [4.69, 9.17) is 0 Å². The maximum absolute atomic E-state index is 12.7. The fourth-order valence-corrected chi connectivity index (χ4v) is 3.20. The van der Waals surface area contributed by atoms with Gasteiger partial charge in [-0.1, -0.05) is 50.2 Å². The summed E-state index contributed by atoms with van der Waals surface area (Å²) in [5, 5.41) is 10.7. The summed E-state index contributed by atoms with van der Waals surface area (Å²) in [6.07, 6.45) is 0. The lowest BCUT2D eigenvalue weighted by Crippen LogP contribution is -2.29. The molecule has 0 aromatic heterocycles. The number of nitrogens with zero attached hydrogens (tertiary/aromatic N) is 1. The van der Waals surface area contributed by atoms with Crippen molar-refractivity contribution in [3.63, 3.8) is 0 Å². The molecule has 0 radical (unpaired) electrons. The highest BCUT2D eigenvalue weighted by atomic mass is 16.2. The van der Waals surface area contributed by atoms with Gasteiger partial charge in [0.2, 0.25) is 0 Å². The zero-order chi connectivity index (χ0) is 21.7. The third-order valence-electron chi connectivity index (χ3n) is 4.69. The summed E-state index contributed by atoms with van der Waals surface area (Å²) < 4.78 is 0. The molecule has 156 valence electrons. The predicted octanol–water partition coefficient (Wildman–Crippen LogP) is 4.94. The van der Waals surface area contributed by atoms with Gasteiger partial charge >= 0.3 is 6.03 Å². The van der Waals surface area contributed by atoms with E-state index in [1.54, 1.807) is 12.1 Å². The van der Waals surface area contributed by atoms with Crippen LogP contribution in [0.3, 0.4) is 0 Å². The molecular weight excluding hydrogens is 376 g/mol. The molecule has 0 aliphatic carbocycles. The highest BCUT2D eigenvalue weighted by molar-refractivity contribution is 6.07. The molecule has 3 N–H and O–H groups in total. The van der Waals surface area contributed by atoms with Crippen molar-refractivity contribution in [3.8, 4) is 0 Å². The topological polar surface area (TPSA) is 73.5 Å². The molecule has 0 saturated carbocycles. The number of amides is 3. The molecule has 3 aromatic carbocycles. The summed E-state index contributed by atoms with van der Waals surface area (Å²) in [4.78, 5) is 27.2. The fourth-order valence-electron chi connectivity index (χ4n) is 3.20. The average Bonchev–Trinajstić information content (AvgIpc) is 2.72. The Morgan fingerprint density at radius 3 is 2.40 bits per heavy atom. The highest BCUT2D eigenvalue weighted by Gasteiger charge is 2.15. The molecule has 30 heavy (non-hydrogen) atoms. The van der Waals surface area contributed by atoms with E-state index < -0.39 is 0 Å². The number of hydrogen-bond acceptors (Lipinski definition) is 3. The van der Waals surface area contributed by atoms with Crippen LogP contribution in [-0.4, -0.2) is 32.6 Å². The first kappa shape index (κ1) is 21.2. The van der Waals surface area contributed by atoms with Crippen molar-refractivity contribution in [1.29, 1.82) is 0 Å². The third kappa shape index (κ3) is 5.08. The Bertz CT molecular complexity index is 1050. The molecule has 6 heteroatoms. The van der Waals surface area contributed by atoms with E-state index in [9.17, 15) is 9.59 Å². The average molecular weight is 405 g/mol. The smallest absolute Gasteiger partial charge is 0.323 e. The van der Waals surface area contributed by atoms with Crippen molar-refractivity contribution in [2.75, 3.05) is 36.2 Å². The monoisotopic (exact) mass is 404 g/mol. The Balaban J connectivity index is 1.79. The fraction of sp³-hybridized carbons (Fsp3) is 0.250. The molecule has 0 heterocycles. The minimum absolute atomic E-state index is 0.162. The third-order valence-corrected chi connectivity index (χ3v) is 4.69. The largest absolute Gasteiger partial charge is 0.377 e.